The molecule has 9 heteroatoms. The van der Waals surface area contributed by atoms with Crippen molar-refractivity contribution < 1.29 is 9.59 Å². The topological polar surface area (TPSA) is 88.9 Å². The standard InChI is InChI=1S/C25H30ClN5O2S/c1-15(2)13-21(28-24(33)18-10-6-7-11-19(18)26)23-29-30-25(31(23)5)34-14-22(32)27-20-12-8-9-16(3)17(20)4/h6-12,15,21H,13-14H2,1-5H3,(H,27,32)(H,28,33)/t21-/m1/s1. The fraction of sp³-hybridized carbons (Fsp3) is 0.360. The van der Waals surface area contributed by atoms with Crippen LogP contribution in [-0.2, 0) is 11.8 Å². The average molecular weight is 500 g/mol. The monoisotopic (exact) mass is 499 g/mol. The molecule has 1 aromatic heterocycles. The molecule has 34 heavy (non-hydrogen) atoms. The van der Waals surface area contributed by atoms with Gasteiger partial charge < -0.3 is 15.2 Å². The molecule has 0 aliphatic rings. The van der Waals surface area contributed by atoms with Crippen LogP contribution in [-0.4, -0.2) is 32.3 Å². The molecule has 0 unspecified atom stereocenters. The second-order valence-corrected chi connectivity index (χ2v) is 9.97. The molecule has 3 aromatic rings. The molecule has 2 aromatic carbocycles. The van der Waals surface area contributed by atoms with Gasteiger partial charge in [0.1, 0.15) is 0 Å². The van der Waals surface area contributed by atoms with Gasteiger partial charge in [0.25, 0.3) is 5.91 Å². The first kappa shape index (κ1) is 25.8. The van der Waals surface area contributed by atoms with Gasteiger partial charge in [0, 0.05) is 12.7 Å². The van der Waals surface area contributed by atoms with E-state index in [2.05, 4.69) is 34.7 Å². The SMILES string of the molecule is Cc1cccc(NC(=O)CSc2nnc([C@@H](CC(C)C)NC(=O)c3ccccc3Cl)n2C)c1C. The van der Waals surface area contributed by atoms with Crippen molar-refractivity contribution in [3.8, 4) is 0 Å². The van der Waals surface area contributed by atoms with Crippen LogP contribution in [0.4, 0.5) is 5.69 Å². The van der Waals surface area contributed by atoms with Crippen molar-refractivity contribution in [3.05, 3.63) is 70.0 Å². The summed E-state index contributed by atoms with van der Waals surface area (Å²) in [6.45, 7) is 8.16. The maximum atomic E-state index is 12.9. The van der Waals surface area contributed by atoms with E-state index in [1.165, 1.54) is 11.8 Å². The van der Waals surface area contributed by atoms with E-state index in [4.69, 9.17) is 11.6 Å². The van der Waals surface area contributed by atoms with Crippen molar-refractivity contribution in [1.82, 2.24) is 20.1 Å². The zero-order valence-corrected chi connectivity index (χ0v) is 21.6. The number of anilines is 1. The van der Waals surface area contributed by atoms with Crippen LogP contribution in [0, 0.1) is 19.8 Å². The zero-order valence-electron chi connectivity index (χ0n) is 20.1. The molecule has 0 radical (unpaired) electrons. The number of hydrogen-bond donors (Lipinski definition) is 2. The van der Waals surface area contributed by atoms with E-state index in [1.807, 2.05) is 43.7 Å². The third-order valence-electron chi connectivity index (χ3n) is 5.52. The fourth-order valence-electron chi connectivity index (χ4n) is 3.54. The lowest BCUT2D eigenvalue weighted by Crippen LogP contribution is -2.31. The summed E-state index contributed by atoms with van der Waals surface area (Å²) < 4.78 is 1.83. The zero-order chi connectivity index (χ0) is 24.8. The summed E-state index contributed by atoms with van der Waals surface area (Å²) in [4.78, 5) is 25.4. The Morgan fingerprint density at radius 1 is 1.09 bits per heavy atom. The molecule has 7 nitrogen and oxygen atoms in total. The molecule has 2 N–H and O–H groups in total. The number of thioether (sulfide) groups is 1. The highest BCUT2D eigenvalue weighted by atomic mass is 35.5. The van der Waals surface area contributed by atoms with Crippen LogP contribution in [0.3, 0.4) is 0 Å². The van der Waals surface area contributed by atoms with E-state index in [9.17, 15) is 9.59 Å². The molecular formula is C25H30ClN5O2S. The summed E-state index contributed by atoms with van der Waals surface area (Å²) in [6.07, 6.45) is 0.681. The molecular weight excluding hydrogens is 470 g/mol. The molecule has 0 spiro atoms. The normalized spacial score (nSPS) is 12.0. The second-order valence-electron chi connectivity index (χ2n) is 8.62. The number of nitrogens with one attached hydrogen (secondary N) is 2. The third kappa shape index (κ3) is 6.39. The van der Waals surface area contributed by atoms with Crippen molar-refractivity contribution >= 4 is 40.9 Å². The second kappa shape index (κ2) is 11.5. The number of halogens is 1. The highest BCUT2D eigenvalue weighted by molar-refractivity contribution is 7.99. The van der Waals surface area contributed by atoms with Crippen LogP contribution in [0.5, 0.6) is 0 Å². The van der Waals surface area contributed by atoms with Crippen LogP contribution < -0.4 is 10.6 Å². The maximum Gasteiger partial charge on any atom is 0.253 e. The minimum atomic E-state index is -0.348. The third-order valence-corrected chi connectivity index (χ3v) is 6.87. The number of nitrogens with zero attached hydrogens (tertiary/aromatic N) is 3. The molecule has 3 rings (SSSR count). The van der Waals surface area contributed by atoms with E-state index in [-0.39, 0.29) is 23.6 Å². The smallest absolute Gasteiger partial charge is 0.253 e. The Morgan fingerprint density at radius 2 is 1.82 bits per heavy atom. The lowest BCUT2D eigenvalue weighted by Gasteiger charge is -2.20. The molecule has 2 amide bonds. The predicted molar refractivity (Wildman–Crippen MR) is 137 cm³/mol. The number of amides is 2. The number of rotatable bonds is 9. The van der Waals surface area contributed by atoms with Crippen molar-refractivity contribution in [1.29, 1.82) is 0 Å². The quantitative estimate of drug-likeness (QED) is 0.388. The number of carbonyl (C=O) groups is 2. The van der Waals surface area contributed by atoms with Gasteiger partial charge in [-0.3, -0.25) is 9.59 Å². The van der Waals surface area contributed by atoms with Gasteiger partial charge in [-0.1, -0.05) is 61.5 Å². The van der Waals surface area contributed by atoms with Crippen LogP contribution in [0.2, 0.25) is 5.02 Å². The van der Waals surface area contributed by atoms with E-state index in [0.717, 1.165) is 16.8 Å². The largest absolute Gasteiger partial charge is 0.342 e. The maximum absolute atomic E-state index is 12.9. The fourth-order valence-corrected chi connectivity index (χ4v) is 4.48. The van der Waals surface area contributed by atoms with E-state index < -0.39 is 0 Å². The van der Waals surface area contributed by atoms with E-state index >= 15 is 0 Å². The Balaban J connectivity index is 1.70. The van der Waals surface area contributed by atoms with Crippen molar-refractivity contribution in [2.45, 2.75) is 45.3 Å². The summed E-state index contributed by atoms with van der Waals surface area (Å²) in [6, 6.07) is 12.4. The molecule has 1 heterocycles. The first-order chi connectivity index (χ1) is 16.2. The minimum Gasteiger partial charge on any atom is -0.342 e. The van der Waals surface area contributed by atoms with Gasteiger partial charge in [0.2, 0.25) is 5.91 Å². The van der Waals surface area contributed by atoms with Gasteiger partial charge in [-0.15, -0.1) is 10.2 Å². The molecule has 180 valence electrons. The molecule has 0 saturated carbocycles. The van der Waals surface area contributed by atoms with Crippen LogP contribution >= 0.6 is 23.4 Å². The molecule has 1 atom stereocenters. The first-order valence-electron chi connectivity index (χ1n) is 11.1. The number of aryl methyl sites for hydroxylation is 1. The van der Waals surface area contributed by atoms with Crippen molar-refractivity contribution in [3.63, 3.8) is 0 Å². The van der Waals surface area contributed by atoms with Crippen molar-refractivity contribution in [2.24, 2.45) is 13.0 Å². The predicted octanol–water partition coefficient (Wildman–Crippen LogP) is 5.33. The molecule has 0 fully saturated rings. The lowest BCUT2D eigenvalue weighted by atomic mass is 10.0. The Bertz CT molecular complexity index is 1180. The number of aromatic nitrogens is 3. The Labute approximate surface area is 209 Å². The van der Waals surface area contributed by atoms with E-state index in [0.29, 0.717) is 33.9 Å². The van der Waals surface area contributed by atoms with E-state index in [1.54, 1.807) is 24.3 Å². The molecule has 0 aliphatic carbocycles. The summed E-state index contributed by atoms with van der Waals surface area (Å²) in [5, 5.41) is 15.6. The number of carbonyl (C=O) groups excluding carboxylic acids is 2. The lowest BCUT2D eigenvalue weighted by molar-refractivity contribution is -0.113. The van der Waals surface area contributed by atoms with Gasteiger partial charge >= 0.3 is 0 Å². The van der Waals surface area contributed by atoms with Crippen LogP contribution in [0.1, 0.15) is 53.6 Å². The van der Waals surface area contributed by atoms with Gasteiger partial charge in [-0.05, 0) is 55.5 Å². The number of hydrogen-bond acceptors (Lipinski definition) is 5. The Morgan fingerprint density at radius 3 is 2.53 bits per heavy atom. The minimum absolute atomic E-state index is 0.117. The van der Waals surface area contributed by atoms with Gasteiger partial charge in [0.15, 0.2) is 11.0 Å². The Hall–Kier alpha value is -2.84. The summed E-state index contributed by atoms with van der Waals surface area (Å²) in [7, 11) is 1.84. The van der Waals surface area contributed by atoms with Crippen LogP contribution in [0.15, 0.2) is 47.6 Å². The van der Waals surface area contributed by atoms with Gasteiger partial charge in [-0.25, -0.2) is 0 Å². The highest BCUT2D eigenvalue weighted by Gasteiger charge is 2.24. The summed E-state index contributed by atoms with van der Waals surface area (Å²) in [5.74, 6) is 0.759. The van der Waals surface area contributed by atoms with Crippen molar-refractivity contribution in [2.75, 3.05) is 11.1 Å². The van der Waals surface area contributed by atoms with Crippen LogP contribution in [0.25, 0.3) is 0 Å². The summed E-state index contributed by atoms with van der Waals surface area (Å²) >= 11 is 7.50. The number of benzene rings is 2. The first-order valence-corrected chi connectivity index (χ1v) is 12.5. The van der Waals surface area contributed by atoms with Gasteiger partial charge in [-0.2, -0.15) is 0 Å². The molecule has 0 saturated heterocycles. The average Bonchev–Trinajstić information content (AvgIpc) is 3.15. The molecule has 0 aliphatic heterocycles. The Kier molecular flexibility index (Phi) is 8.74. The van der Waals surface area contributed by atoms with Gasteiger partial charge in [0.05, 0.1) is 22.4 Å². The summed E-state index contributed by atoms with van der Waals surface area (Å²) in [5.41, 5.74) is 3.40. The highest BCUT2D eigenvalue weighted by Crippen LogP contribution is 2.25. The molecule has 0 bridgehead atoms.